The molecule has 0 saturated carbocycles. The molecule has 0 aliphatic carbocycles. The largest absolute Gasteiger partial charge is 0.274 e. The number of hydroxylamine groups is 2. The van der Waals surface area contributed by atoms with Crippen molar-refractivity contribution < 1.29 is 4.84 Å². The van der Waals surface area contributed by atoms with Crippen molar-refractivity contribution in [1.29, 1.82) is 0 Å². The normalized spacial score (nSPS) is 18.5. The minimum atomic E-state index is 0.887. The van der Waals surface area contributed by atoms with E-state index >= 15 is 0 Å². The molecule has 11 heavy (non-hydrogen) atoms. The Labute approximate surface area is 68.8 Å². The summed E-state index contributed by atoms with van der Waals surface area (Å²) in [6, 6.07) is 0. The molecule has 0 spiro atoms. The molecular weight excluding hydrogens is 138 g/mol. The lowest BCUT2D eigenvalue weighted by atomic mass is 10.2. The predicted octanol–water partition coefficient (Wildman–Crippen LogP) is 2.33. The van der Waals surface area contributed by atoms with Gasteiger partial charge in [-0.2, -0.15) is 0 Å². The molecule has 0 aromatic carbocycles. The van der Waals surface area contributed by atoms with Crippen molar-refractivity contribution in [2.45, 2.75) is 32.6 Å². The molecular formula is C9H17NO. The van der Waals surface area contributed by atoms with Crippen LogP contribution >= 0.6 is 0 Å². The Hall–Kier alpha value is -0.500. The first kappa shape index (κ1) is 8.60. The summed E-state index contributed by atoms with van der Waals surface area (Å²) in [7, 11) is 0. The quantitative estimate of drug-likeness (QED) is 0.578. The molecule has 0 bridgehead atoms. The fourth-order valence-electron chi connectivity index (χ4n) is 1.10. The van der Waals surface area contributed by atoms with Gasteiger partial charge < -0.3 is 0 Å². The van der Waals surface area contributed by atoms with Crippen LogP contribution in [0.3, 0.4) is 0 Å². The van der Waals surface area contributed by atoms with Crippen LogP contribution in [-0.2, 0) is 4.84 Å². The van der Waals surface area contributed by atoms with Gasteiger partial charge in [0.15, 0.2) is 0 Å². The average molecular weight is 155 g/mol. The number of rotatable bonds is 4. The first-order chi connectivity index (χ1) is 5.43. The van der Waals surface area contributed by atoms with Crippen molar-refractivity contribution in [1.82, 2.24) is 5.06 Å². The van der Waals surface area contributed by atoms with Crippen LogP contribution in [0.25, 0.3) is 0 Å². The van der Waals surface area contributed by atoms with E-state index in [0.29, 0.717) is 0 Å². The summed E-state index contributed by atoms with van der Waals surface area (Å²) in [5.74, 6) is 0. The van der Waals surface area contributed by atoms with Gasteiger partial charge in [0, 0.05) is 12.7 Å². The lowest BCUT2D eigenvalue weighted by Crippen LogP contribution is -2.08. The van der Waals surface area contributed by atoms with Crippen LogP contribution in [0.1, 0.15) is 32.6 Å². The van der Waals surface area contributed by atoms with Gasteiger partial charge in [0.05, 0.1) is 6.61 Å². The summed E-state index contributed by atoms with van der Waals surface area (Å²) in [6.45, 7) is 4.15. The molecule has 0 aromatic rings. The lowest BCUT2D eigenvalue weighted by molar-refractivity contribution is -0.0663. The lowest BCUT2D eigenvalue weighted by Gasteiger charge is -2.08. The van der Waals surface area contributed by atoms with Crippen LogP contribution in [0.5, 0.6) is 0 Å². The Bertz CT molecular complexity index is 117. The molecule has 0 atom stereocenters. The molecule has 1 heterocycles. The Kier molecular flexibility index (Phi) is 4.06. The topological polar surface area (TPSA) is 12.5 Å². The minimum Gasteiger partial charge on any atom is -0.274 e. The third-order valence-corrected chi connectivity index (χ3v) is 1.78. The molecule has 1 aliphatic heterocycles. The fourth-order valence-corrected chi connectivity index (χ4v) is 1.10. The standard InChI is InChI=1S/C9H17NO/c1-2-3-4-5-7-10-8-6-9-11-10/h5,7H,2-4,6,8-9H2,1H3/b7-5+. The van der Waals surface area contributed by atoms with Gasteiger partial charge in [0.25, 0.3) is 0 Å². The molecule has 1 rings (SSSR count). The summed E-state index contributed by atoms with van der Waals surface area (Å²) >= 11 is 0. The fraction of sp³-hybridized carbons (Fsp3) is 0.778. The molecule has 0 aromatic heterocycles. The summed E-state index contributed by atoms with van der Waals surface area (Å²) in [5, 5.41) is 1.93. The van der Waals surface area contributed by atoms with Gasteiger partial charge in [-0.15, -0.1) is 0 Å². The molecule has 2 nitrogen and oxygen atoms in total. The van der Waals surface area contributed by atoms with Crippen molar-refractivity contribution >= 4 is 0 Å². The van der Waals surface area contributed by atoms with Crippen molar-refractivity contribution in [2.24, 2.45) is 0 Å². The van der Waals surface area contributed by atoms with Gasteiger partial charge in [-0.05, 0) is 12.8 Å². The van der Waals surface area contributed by atoms with E-state index in [2.05, 4.69) is 19.2 Å². The second kappa shape index (κ2) is 5.19. The summed E-state index contributed by atoms with van der Waals surface area (Å²) in [5.41, 5.74) is 0. The van der Waals surface area contributed by atoms with E-state index in [0.717, 1.165) is 19.6 Å². The summed E-state index contributed by atoms with van der Waals surface area (Å²) in [6.07, 6.45) is 9.14. The second-order valence-corrected chi connectivity index (χ2v) is 2.85. The van der Waals surface area contributed by atoms with Crippen LogP contribution in [-0.4, -0.2) is 18.2 Å². The number of nitrogens with zero attached hydrogens (tertiary/aromatic N) is 1. The molecule has 0 radical (unpaired) electrons. The van der Waals surface area contributed by atoms with Crippen LogP contribution in [0.15, 0.2) is 12.3 Å². The molecule has 1 aliphatic rings. The summed E-state index contributed by atoms with van der Waals surface area (Å²) < 4.78 is 0. The van der Waals surface area contributed by atoms with Crippen LogP contribution < -0.4 is 0 Å². The minimum absolute atomic E-state index is 0.887. The maximum absolute atomic E-state index is 5.28. The average Bonchev–Trinajstić information content (AvgIpc) is 2.50. The van der Waals surface area contributed by atoms with Crippen LogP contribution in [0.2, 0.25) is 0 Å². The molecule has 2 heteroatoms. The van der Waals surface area contributed by atoms with Gasteiger partial charge in [0.1, 0.15) is 0 Å². The first-order valence-corrected chi connectivity index (χ1v) is 4.49. The van der Waals surface area contributed by atoms with Gasteiger partial charge in [-0.1, -0.05) is 25.8 Å². The van der Waals surface area contributed by atoms with Crippen molar-refractivity contribution in [3.63, 3.8) is 0 Å². The Balaban J connectivity index is 2.03. The zero-order chi connectivity index (χ0) is 7.94. The number of unbranched alkanes of at least 4 members (excludes halogenated alkanes) is 2. The SMILES string of the molecule is CCCC/C=C/N1CCCO1. The van der Waals surface area contributed by atoms with Crippen molar-refractivity contribution in [2.75, 3.05) is 13.2 Å². The molecule has 1 fully saturated rings. The summed E-state index contributed by atoms with van der Waals surface area (Å²) in [4.78, 5) is 5.28. The third-order valence-electron chi connectivity index (χ3n) is 1.78. The van der Waals surface area contributed by atoms with E-state index in [1.54, 1.807) is 0 Å². The predicted molar refractivity (Wildman–Crippen MR) is 45.9 cm³/mol. The Morgan fingerprint density at radius 1 is 1.55 bits per heavy atom. The van der Waals surface area contributed by atoms with Crippen molar-refractivity contribution in [3.05, 3.63) is 12.3 Å². The van der Waals surface area contributed by atoms with E-state index in [4.69, 9.17) is 4.84 Å². The first-order valence-electron chi connectivity index (χ1n) is 4.49. The number of hydrogen-bond donors (Lipinski definition) is 0. The van der Waals surface area contributed by atoms with E-state index in [1.165, 1.54) is 19.3 Å². The van der Waals surface area contributed by atoms with E-state index < -0.39 is 0 Å². The third kappa shape index (κ3) is 3.42. The van der Waals surface area contributed by atoms with Gasteiger partial charge in [-0.3, -0.25) is 9.90 Å². The molecule has 1 saturated heterocycles. The van der Waals surface area contributed by atoms with Crippen molar-refractivity contribution in [3.8, 4) is 0 Å². The molecule has 0 amide bonds. The molecule has 0 N–H and O–H groups in total. The smallest absolute Gasteiger partial charge is 0.0766 e. The molecule has 64 valence electrons. The Morgan fingerprint density at radius 3 is 3.09 bits per heavy atom. The van der Waals surface area contributed by atoms with E-state index in [-0.39, 0.29) is 0 Å². The van der Waals surface area contributed by atoms with Crippen LogP contribution in [0, 0.1) is 0 Å². The highest BCUT2D eigenvalue weighted by Gasteiger charge is 2.05. The zero-order valence-electron chi connectivity index (χ0n) is 7.25. The maximum Gasteiger partial charge on any atom is 0.0766 e. The van der Waals surface area contributed by atoms with E-state index in [1.807, 2.05) is 5.06 Å². The second-order valence-electron chi connectivity index (χ2n) is 2.85. The Morgan fingerprint density at radius 2 is 2.45 bits per heavy atom. The van der Waals surface area contributed by atoms with Crippen LogP contribution in [0.4, 0.5) is 0 Å². The monoisotopic (exact) mass is 155 g/mol. The number of hydrogen-bond acceptors (Lipinski definition) is 2. The van der Waals surface area contributed by atoms with E-state index in [9.17, 15) is 0 Å². The molecule has 0 unspecified atom stereocenters. The highest BCUT2D eigenvalue weighted by atomic mass is 16.7. The highest BCUT2D eigenvalue weighted by molar-refractivity contribution is 4.79. The highest BCUT2D eigenvalue weighted by Crippen LogP contribution is 2.05. The van der Waals surface area contributed by atoms with Gasteiger partial charge in [-0.25, -0.2) is 0 Å². The zero-order valence-corrected chi connectivity index (χ0v) is 7.25. The van der Waals surface area contributed by atoms with Gasteiger partial charge >= 0.3 is 0 Å². The van der Waals surface area contributed by atoms with Gasteiger partial charge in [0.2, 0.25) is 0 Å². The number of allylic oxidation sites excluding steroid dienone is 1. The maximum atomic E-state index is 5.28.